The van der Waals surface area contributed by atoms with Crippen LogP contribution in [0.1, 0.15) is 13.8 Å². The molecule has 2 aromatic carbocycles. The molecule has 10 heteroatoms. The summed E-state index contributed by atoms with van der Waals surface area (Å²) in [7, 11) is 0. The average Bonchev–Trinajstić information content (AvgIpc) is 2.78. The highest BCUT2D eigenvalue weighted by molar-refractivity contribution is 8.00. The number of halogens is 2. The summed E-state index contributed by atoms with van der Waals surface area (Å²) in [6, 6.07) is 12.8. The normalized spacial score (nSPS) is 13.7. The molecule has 0 radical (unpaired) electrons. The minimum absolute atomic E-state index is 0.0204. The molecule has 0 bridgehead atoms. The Balaban J connectivity index is 1.58. The quantitative estimate of drug-likeness (QED) is 0.413. The van der Waals surface area contributed by atoms with Crippen molar-refractivity contribution in [3.05, 3.63) is 52.5 Å². The van der Waals surface area contributed by atoms with Crippen LogP contribution in [0.3, 0.4) is 0 Å². The molecular weight excluding hydrogens is 499 g/mol. The van der Waals surface area contributed by atoms with Crippen molar-refractivity contribution in [3.8, 4) is 0 Å². The van der Waals surface area contributed by atoms with Crippen LogP contribution in [0, 0.1) is 5.92 Å². The summed E-state index contributed by atoms with van der Waals surface area (Å²) in [5.41, 5.74) is 1.52. The maximum absolute atomic E-state index is 12.3. The number of benzene rings is 2. The number of hydrogen-bond acceptors (Lipinski definition) is 5. The standard InChI is InChI=1S/C23H26Cl2N4O2S2/c1-15(2)22(31)29-12-10-28(11-13-29)21-18(25)4-3-5-19(21)26-23(32)27-20(30)14-33-17-8-6-16(24)7-9-17/h3-9,15H,10-14H2,1-2H3,(H2,26,27,30,32). The first-order chi connectivity index (χ1) is 15.7. The molecule has 1 aliphatic rings. The predicted molar refractivity (Wildman–Crippen MR) is 142 cm³/mol. The van der Waals surface area contributed by atoms with Crippen LogP contribution in [0.15, 0.2) is 47.4 Å². The predicted octanol–water partition coefficient (Wildman–Crippen LogP) is 4.90. The number of rotatable bonds is 6. The van der Waals surface area contributed by atoms with Gasteiger partial charge in [0, 0.05) is 42.0 Å². The van der Waals surface area contributed by atoms with Gasteiger partial charge in [-0.1, -0.05) is 43.1 Å². The first kappa shape index (κ1) is 25.6. The van der Waals surface area contributed by atoms with Gasteiger partial charge in [0.05, 0.1) is 22.2 Å². The number of para-hydroxylation sites is 1. The van der Waals surface area contributed by atoms with Crippen LogP contribution in [0.25, 0.3) is 0 Å². The number of nitrogens with zero attached hydrogens (tertiary/aromatic N) is 2. The van der Waals surface area contributed by atoms with Gasteiger partial charge in [-0.25, -0.2) is 0 Å². The zero-order valence-corrected chi connectivity index (χ0v) is 21.6. The van der Waals surface area contributed by atoms with Crippen molar-refractivity contribution < 1.29 is 9.59 Å². The van der Waals surface area contributed by atoms with Crippen molar-refractivity contribution in [2.75, 3.05) is 42.1 Å². The number of amides is 2. The van der Waals surface area contributed by atoms with Gasteiger partial charge in [0.1, 0.15) is 0 Å². The lowest BCUT2D eigenvalue weighted by atomic mass is 10.1. The third-order valence-corrected chi connectivity index (χ3v) is 6.85. The van der Waals surface area contributed by atoms with Crippen LogP contribution in [-0.4, -0.2) is 53.8 Å². The average molecular weight is 526 g/mol. The highest BCUT2D eigenvalue weighted by Crippen LogP contribution is 2.34. The number of thioether (sulfide) groups is 1. The lowest BCUT2D eigenvalue weighted by Crippen LogP contribution is -2.50. The molecule has 2 amide bonds. The fourth-order valence-electron chi connectivity index (χ4n) is 3.45. The van der Waals surface area contributed by atoms with Crippen LogP contribution >= 0.6 is 47.2 Å². The second kappa shape index (κ2) is 11.9. The van der Waals surface area contributed by atoms with Crippen molar-refractivity contribution in [1.82, 2.24) is 10.2 Å². The largest absolute Gasteiger partial charge is 0.365 e. The molecule has 0 aromatic heterocycles. The van der Waals surface area contributed by atoms with Gasteiger partial charge in [-0.2, -0.15) is 0 Å². The Hall–Kier alpha value is -2.00. The summed E-state index contributed by atoms with van der Waals surface area (Å²) in [6.07, 6.45) is 0. The maximum atomic E-state index is 12.3. The summed E-state index contributed by atoms with van der Waals surface area (Å²) in [6.45, 7) is 6.40. The van der Waals surface area contributed by atoms with Crippen molar-refractivity contribution in [2.24, 2.45) is 5.92 Å². The summed E-state index contributed by atoms with van der Waals surface area (Å²) in [5.74, 6) is 0.148. The molecular formula is C23H26Cl2N4O2S2. The van der Waals surface area contributed by atoms with E-state index in [-0.39, 0.29) is 28.6 Å². The van der Waals surface area contributed by atoms with Crippen molar-refractivity contribution in [3.63, 3.8) is 0 Å². The third-order valence-electron chi connectivity index (χ3n) is 5.07. The number of hydrogen-bond donors (Lipinski definition) is 2. The zero-order chi connectivity index (χ0) is 24.0. The Morgan fingerprint density at radius 2 is 1.73 bits per heavy atom. The summed E-state index contributed by atoms with van der Waals surface area (Å²) in [4.78, 5) is 29.6. The Labute approximate surface area is 214 Å². The Kier molecular flexibility index (Phi) is 9.26. The maximum Gasteiger partial charge on any atom is 0.236 e. The second-order valence-electron chi connectivity index (χ2n) is 7.85. The zero-order valence-electron chi connectivity index (χ0n) is 18.4. The molecule has 33 heavy (non-hydrogen) atoms. The lowest BCUT2D eigenvalue weighted by molar-refractivity contribution is -0.134. The van der Waals surface area contributed by atoms with Crippen molar-refractivity contribution >= 4 is 75.5 Å². The van der Waals surface area contributed by atoms with Gasteiger partial charge >= 0.3 is 0 Å². The van der Waals surface area contributed by atoms with E-state index in [1.807, 2.05) is 49.1 Å². The summed E-state index contributed by atoms with van der Waals surface area (Å²) >= 11 is 19.2. The van der Waals surface area contributed by atoms with E-state index in [2.05, 4.69) is 15.5 Å². The van der Waals surface area contributed by atoms with Crippen molar-refractivity contribution in [1.29, 1.82) is 0 Å². The lowest BCUT2D eigenvalue weighted by Gasteiger charge is -2.38. The van der Waals surface area contributed by atoms with Gasteiger partial charge < -0.3 is 20.4 Å². The van der Waals surface area contributed by atoms with Gasteiger partial charge in [0.25, 0.3) is 0 Å². The summed E-state index contributed by atoms with van der Waals surface area (Å²) < 4.78 is 0. The highest BCUT2D eigenvalue weighted by Gasteiger charge is 2.25. The number of carbonyl (C=O) groups is 2. The smallest absolute Gasteiger partial charge is 0.236 e. The fourth-order valence-corrected chi connectivity index (χ4v) is 4.79. The van der Waals surface area contributed by atoms with Gasteiger partial charge in [0.15, 0.2) is 5.11 Å². The molecule has 2 N–H and O–H groups in total. The first-order valence-electron chi connectivity index (χ1n) is 10.6. The number of carbonyl (C=O) groups excluding carboxylic acids is 2. The molecule has 2 aromatic rings. The molecule has 176 valence electrons. The van der Waals surface area contributed by atoms with Gasteiger partial charge in [0.2, 0.25) is 11.8 Å². The van der Waals surface area contributed by atoms with Crippen LogP contribution in [-0.2, 0) is 9.59 Å². The number of anilines is 2. The molecule has 0 unspecified atom stereocenters. The molecule has 1 aliphatic heterocycles. The Morgan fingerprint density at radius 1 is 1.06 bits per heavy atom. The minimum atomic E-state index is -0.211. The monoisotopic (exact) mass is 524 g/mol. The topological polar surface area (TPSA) is 64.7 Å². The highest BCUT2D eigenvalue weighted by atomic mass is 35.5. The Morgan fingerprint density at radius 3 is 2.36 bits per heavy atom. The second-order valence-corrected chi connectivity index (χ2v) is 10.1. The molecule has 0 spiro atoms. The van der Waals surface area contributed by atoms with Crippen molar-refractivity contribution in [2.45, 2.75) is 18.7 Å². The van der Waals surface area contributed by atoms with E-state index in [4.69, 9.17) is 35.4 Å². The number of nitrogens with one attached hydrogen (secondary N) is 2. The first-order valence-corrected chi connectivity index (χ1v) is 12.7. The van der Waals surface area contributed by atoms with E-state index in [0.717, 1.165) is 10.6 Å². The molecule has 1 heterocycles. The summed E-state index contributed by atoms with van der Waals surface area (Å²) in [5, 5.41) is 7.25. The van der Waals surface area contributed by atoms with E-state index in [9.17, 15) is 9.59 Å². The van der Waals surface area contributed by atoms with E-state index in [1.165, 1.54) is 11.8 Å². The van der Waals surface area contributed by atoms with Gasteiger partial charge in [-0.3, -0.25) is 9.59 Å². The SMILES string of the molecule is CC(C)C(=O)N1CCN(c2c(Cl)cccc2NC(=S)NC(=O)CSc2ccc(Cl)cc2)CC1. The van der Waals surface area contributed by atoms with Crippen LogP contribution in [0.5, 0.6) is 0 Å². The van der Waals surface area contributed by atoms with E-state index >= 15 is 0 Å². The number of thiocarbonyl (C=S) groups is 1. The fraction of sp³-hybridized carbons (Fsp3) is 0.348. The molecule has 1 saturated heterocycles. The third kappa shape index (κ3) is 7.24. The molecule has 1 fully saturated rings. The molecule has 6 nitrogen and oxygen atoms in total. The van der Waals surface area contributed by atoms with Gasteiger partial charge in [-0.05, 0) is 48.6 Å². The van der Waals surface area contributed by atoms with E-state index < -0.39 is 0 Å². The van der Waals surface area contributed by atoms with Crippen LogP contribution < -0.4 is 15.5 Å². The molecule has 0 atom stereocenters. The van der Waals surface area contributed by atoms with Crippen LogP contribution in [0.2, 0.25) is 10.0 Å². The molecule has 0 saturated carbocycles. The molecule has 0 aliphatic carbocycles. The van der Waals surface area contributed by atoms with E-state index in [0.29, 0.717) is 41.9 Å². The minimum Gasteiger partial charge on any atom is -0.365 e. The molecule has 3 rings (SSSR count). The van der Waals surface area contributed by atoms with E-state index in [1.54, 1.807) is 12.1 Å². The van der Waals surface area contributed by atoms with Gasteiger partial charge in [-0.15, -0.1) is 11.8 Å². The number of piperazine rings is 1. The Bertz CT molecular complexity index is 1010. The van der Waals surface area contributed by atoms with Crippen LogP contribution in [0.4, 0.5) is 11.4 Å².